The second-order valence-corrected chi connectivity index (χ2v) is 11.5. The van der Waals surface area contributed by atoms with Crippen LogP contribution in [0.5, 0.6) is 5.88 Å². The first-order chi connectivity index (χ1) is 19.2. The zero-order chi connectivity index (χ0) is 28.6. The van der Waals surface area contributed by atoms with E-state index < -0.39 is 5.41 Å². The van der Waals surface area contributed by atoms with E-state index in [1.165, 1.54) is 0 Å². The molecule has 0 bridgehead atoms. The molecule has 1 aliphatic carbocycles. The average Bonchev–Trinajstić information content (AvgIpc) is 3.58. The highest BCUT2D eigenvalue weighted by molar-refractivity contribution is 5.63. The van der Waals surface area contributed by atoms with Gasteiger partial charge in [0.2, 0.25) is 23.5 Å². The summed E-state index contributed by atoms with van der Waals surface area (Å²) in [4.78, 5) is 0. The Balaban J connectivity index is 1.47. The van der Waals surface area contributed by atoms with Crippen LogP contribution in [0, 0.1) is 41.9 Å². The smallest absolute Gasteiger partial charge is 0.222 e. The minimum Gasteiger partial charge on any atom is -0.425 e. The fraction of sp³-hybridized carbons (Fsp3) is 0.484. The zero-order valence-electron chi connectivity index (χ0n) is 23.7. The van der Waals surface area contributed by atoms with Crippen molar-refractivity contribution in [3.8, 4) is 23.8 Å². The van der Waals surface area contributed by atoms with Gasteiger partial charge in [0.25, 0.3) is 0 Å². The van der Waals surface area contributed by atoms with Crippen LogP contribution in [0.15, 0.2) is 34.1 Å². The number of rotatable bonds is 5. The number of aliphatic hydroxyl groups is 1. The van der Waals surface area contributed by atoms with E-state index in [1.54, 1.807) is 0 Å². The Morgan fingerprint density at radius 1 is 1.15 bits per heavy atom. The molecule has 0 radical (unpaired) electrons. The second-order valence-electron chi connectivity index (χ2n) is 11.5. The maximum absolute atomic E-state index is 10.3. The highest BCUT2D eigenvalue weighted by atomic mass is 16.5. The number of nitrogens with zero attached hydrogens (tertiary/aromatic N) is 4. The van der Waals surface area contributed by atoms with Gasteiger partial charge in [0.1, 0.15) is 11.6 Å². The van der Waals surface area contributed by atoms with Gasteiger partial charge in [-0.1, -0.05) is 45.6 Å². The predicted molar refractivity (Wildman–Crippen MR) is 149 cm³/mol. The molecule has 40 heavy (non-hydrogen) atoms. The van der Waals surface area contributed by atoms with Crippen molar-refractivity contribution in [1.82, 2.24) is 20.4 Å². The van der Waals surface area contributed by atoms with E-state index in [9.17, 15) is 10.4 Å². The number of benzene rings is 1. The Kier molecular flexibility index (Phi) is 7.44. The Labute approximate surface area is 234 Å². The van der Waals surface area contributed by atoms with Crippen LogP contribution in [0.4, 0.5) is 0 Å². The van der Waals surface area contributed by atoms with Crippen LogP contribution in [0.1, 0.15) is 105 Å². The summed E-state index contributed by atoms with van der Waals surface area (Å²) >= 11 is 0. The molecule has 1 aliphatic heterocycles. The quantitative estimate of drug-likeness (QED) is 0.380. The van der Waals surface area contributed by atoms with E-state index >= 15 is 0 Å². The van der Waals surface area contributed by atoms with Crippen LogP contribution in [0.25, 0.3) is 0 Å². The van der Waals surface area contributed by atoms with E-state index in [2.05, 4.69) is 52.2 Å². The Morgan fingerprint density at radius 3 is 2.52 bits per heavy atom. The number of aromatic nitrogens is 4. The Hall–Kier alpha value is -4.08. The maximum Gasteiger partial charge on any atom is 0.222 e. The lowest BCUT2D eigenvalue weighted by atomic mass is 9.61. The van der Waals surface area contributed by atoms with Gasteiger partial charge < -0.3 is 20.0 Å². The van der Waals surface area contributed by atoms with Gasteiger partial charge in [0, 0.05) is 23.3 Å². The van der Waals surface area contributed by atoms with Crippen LogP contribution in [-0.4, -0.2) is 25.5 Å². The molecule has 1 unspecified atom stereocenters. The third-order valence-corrected chi connectivity index (χ3v) is 8.22. The van der Waals surface area contributed by atoms with Crippen molar-refractivity contribution in [2.45, 2.75) is 84.2 Å². The lowest BCUT2D eigenvalue weighted by Crippen LogP contribution is -2.41. The molecule has 1 saturated carbocycles. The normalized spacial score (nSPS) is 22.5. The number of ether oxygens (including phenoxy) is 1. The topological polar surface area (TPSA) is 147 Å². The highest BCUT2D eigenvalue weighted by Gasteiger charge is 2.50. The van der Waals surface area contributed by atoms with Crippen LogP contribution in [0.3, 0.4) is 0 Å². The molecule has 208 valence electrons. The molecule has 0 amide bonds. The second kappa shape index (κ2) is 10.8. The SMILES string of the molecule is Cc1n[nH]c2c1C(c1cc(C#C[C@H]3CC[C@@H](c4nnc(C(C)C)o4)CC3)cc(CO)c1)(C(C)C)C(C#N)=C(N)O2. The summed E-state index contributed by atoms with van der Waals surface area (Å²) in [5.41, 5.74) is 9.54. The molecule has 1 aromatic carbocycles. The number of nitriles is 1. The highest BCUT2D eigenvalue weighted by Crippen LogP contribution is 2.52. The molecule has 4 N–H and O–H groups in total. The monoisotopic (exact) mass is 540 g/mol. The zero-order valence-corrected chi connectivity index (χ0v) is 23.7. The first-order valence-electron chi connectivity index (χ1n) is 13.9. The van der Waals surface area contributed by atoms with E-state index in [1.807, 2.05) is 39.0 Å². The average molecular weight is 541 g/mol. The Bertz CT molecular complexity index is 1540. The number of fused-ring (bicyclic) bond motifs is 1. The van der Waals surface area contributed by atoms with Gasteiger partial charge in [-0.3, -0.25) is 0 Å². The molecule has 3 heterocycles. The van der Waals surface area contributed by atoms with Gasteiger partial charge in [-0.15, -0.1) is 10.2 Å². The fourth-order valence-corrected chi connectivity index (χ4v) is 6.17. The van der Waals surface area contributed by atoms with E-state index in [0.717, 1.165) is 54.0 Å². The van der Waals surface area contributed by atoms with Crippen molar-refractivity contribution >= 4 is 0 Å². The first-order valence-corrected chi connectivity index (χ1v) is 13.9. The standard InChI is InChI=1S/C31H36N6O3/c1-17(2)28-35-36-29(40-28)23-10-8-20(9-11-23)6-7-21-12-22(16-38)14-24(13-21)31(18(3)4)25(15-32)27(33)39-30-26(31)19(5)34-37-30/h12-14,17-18,20,23,38H,8-11,16,33H2,1-5H3,(H,34,37)/t20-,23+,31?. The summed E-state index contributed by atoms with van der Waals surface area (Å²) in [6, 6.07) is 8.17. The molecule has 0 spiro atoms. The van der Waals surface area contributed by atoms with Gasteiger partial charge in [0.05, 0.1) is 23.3 Å². The summed E-state index contributed by atoms with van der Waals surface area (Å²) in [6.07, 6.45) is 3.81. The lowest BCUT2D eigenvalue weighted by molar-refractivity contribution is 0.281. The van der Waals surface area contributed by atoms with Crippen molar-refractivity contribution < 1.29 is 14.3 Å². The largest absolute Gasteiger partial charge is 0.425 e. The molecule has 0 saturated heterocycles. The number of allylic oxidation sites excluding steroid dienone is 1. The fourth-order valence-electron chi connectivity index (χ4n) is 6.17. The van der Waals surface area contributed by atoms with Gasteiger partial charge in [-0.2, -0.15) is 10.4 Å². The maximum atomic E-state index is 10.3. The van der Waals surface area contributed by atoms with Gasteiger partial charge >= 0.3 is 0 Å². The summed E-state index contributed by atoms with van der Waals surface area (Å²) in [5, 5.41) is 36.2. The number of aryl methyl sites for hydroxylation is 1. The summed E-state index contributed by atoms with van der Waals surface area (Å²) in [6.45, 7) is 9.93. The van der Waals surface area contributed by atoms with E-state index in [-0.39, 0.29) is 36.2 Å². The van der Waals surface area contributed by atoms with E-state index in [4.69, 9.17) is 14.9 Å². The van der Waals surface area contributed by atoms with Gasteiger partial charge in [-0.25, -0.2) is 5.10 Å². The van der Waals surface area contributed by atoms with Crippen molar-refractivity contribution in [2.75, 3.05) is 0 Å². The Morgan fingerprint density at radius 2 is 1.90 bits per heavy atom. The molecular formula is C31H36N6O3. The number of H-pyrrole nitrogens is 1. The summed E-state index contributed by atoms with van der Waals surface area (Å²) in [7, 11) is 0. The molecule has 9 heteroatoms. The number of aliphatic hydroxyl groups excluding tert-OH is 1. The summed E-state index contributed by atoms with van der Waals surface area (Å²) in [5.74, 6) is 9.43. The molecule has 1 fully saturated rings. The van der Waals surface area contributed by atoms with Crippen molar-refractivity contribution in [3.05, 3.63) is 69.4 Å². The molecule has 2 aromatic heterocycles. The van der Waals surface area contributed by atoms with Crippen LogP contribution < -0.4 is 10.5 Å². The van der Waals surface area contributed by atoms with Crippen LogP contribution >= 0.6 is 0 Å². The molecule has 1 atom stereocenters. The minimum atomic E-state index is -0.915. The molecule has 3 aromatic rings. The van der Waals surface area contributed by atoms with Crippen molar-refractivity contribution in [1.29, 1.82) is 5.26 Å². The molecule has 5 rings (SSSR count). The van der Waals surface area contributed by atoms with Crippen LogP contribution in [-0.2, 0) is 12.0 Å². The number of hydrogen-bond donors (Lipinski definition) is 3. The number of hydrogen-bond acceptors (Lipinski definition) is 8. The van der Waals surface area contributed by atoms with Gasteiger partial charge in [0.15, 0.2) is 0 Å². The predicted octanol–water partition coefficient (Wildman–Crippen LogP) is 5.07. The number of nitrogens with one attached hydrogen (secondary N) is 1. The number of nitrogens with two attached hydrogens (primary N) is 1. The molecule has 2 aliphatic rings. The van der Waals surface area contributed by atoms with Crippen molar-refractivity contribution in [2.24, 2.45) is 17.6 Å². The minimum absolute atomic E-state index is 0.0490. The van der Waals surface area contributed by atoms with Crippen LogP contribution in [0.2, 0.25) is 0 Å². The third kappa shape index (κ3) is 4.65. The molecule has 9 nitrogen and oxygen atoms in total. The van der Waals surface area contributed by atoms with Crippen molar-refractivity contribution in [3.63, 3.8) is 0 Å². The third-order valence-electron chi connectivity index (χ3n) is 8.22. The number of aromatic amines is 1. The summed E-state index contributed by atoms with van der Waals surface area (Å²) < 4.78 is 11.7. The molecular weight excluding hydrogens is 504 g/mol. The van der Waals surface area contributed by atoms with E-state index in [0.29, 0.717) is 22.9 Å². The first kappa shape index (κ1) is 27.5. The lowest BCUT2D eigenvalue weighted by Gasteiger charge is -2.41. The van der Waals surface area contributed by atoms with Gasteiger partial charge in [-0.05, 0) is 61.8 Å².